The van der Waals surface area contributed by atoms with Gasteiger partial charge in [0.1, 0.15) is 0 Å². The third-order valence-electron chi connectivity index (χ3n) is 5.37. The summed E-state index contributed by atoms with van der Waals surface area (Å²) in [5.41, 5.74) is 1.73. The summed E-state index contributed by atoms with van der Waals surface area (Å²) in [5.74, 6) is -0.199. The summed E-state index contributed by atoms with van der Waals surface area (Å²) in [7, 11) is 0. The zero-order valence-electron chi connectivity index (χ0n) is 18.9. The molecule has 0 radical (unpaired) electrons. The first-order valence-electron chi connectivity index (χ1n) is 10.9. The zero-order chi connectivity index (χ0) is 24.6. The normalized spacial score (nSPS) is 15.5. The van der Waals surface area contributed by atoms with Crippen LogP contribution in [0, 0.1) is 6.92 Å². The fourth-order valence-electron chi connectivity index (χ4n) is 3.66. The van der Waals surface area contributed by atoms with Crippen molar-refractivity contribution >= 4 is 29.3 Å². The van der Waals surface area contributed by atoms with E-state index in [-0.39, 0.29) is 35.9 Å². The number of morpholine rings is 1. The molecule has 1 atom stereocenters. The van der Waals surface area contributed by atoms with Crippen molar-refractivity contribution in [3.8, 4) is 0 Å². The highest BCUT2D eigenvalue weighted by atomic mass is 32.2. The molecular formula is C24H28F3N3O3S. The molecule has 0 spiro atoms. The number of anilines is 1. The zero-order valence-corrected chi connectivity index (χ0v) is 19.7. The largest absolute Gasteiger partial charge is 0.416 e. The van der Waals surface area contributed by atoms with Gasteiger partial charge in [0.05, 0.1) is 36.3 Å². The maximum Gasteiger partial charge on any atom is 0.416 e. The van der Waals surface area contributed by atoms with Crippen LogP contribution in [0.2, 0.25) is 0 Å². The number of carbonyl (C=O) groups is 2. The SMILES string of the molecule is Cc1cccc(NC(=O)CSCC(=O)NCC(c2ccc(C(F)(F)F)cc2)N2CCOCC2)c1. The number of halogens is 3. The Bertz CT molecular complexity index is 964. The maximum absolute atomic E-state index is 12.9. The second kappa shape index (κ2) is 12.2. The maximum atomic E-state index is 12.9. The van der Waals surface area contributed by atoms with E-state index in [9.17, 15) is 22.8 Å². The van der Waals surface area contributed by atoms with Crippen LogP contribution in [0.4, 0.5) is 18.9 Å². The van der Waals surface area contributed by atoms with Crippen LogP contribution < -0.4 is 10.6 Å². The van der Waals surface area contributed by atoms with Gasteiger partial charge in [-0.2, -0.15) is 13.2 Å². The van der Waals surface area contributed by atoms with Crippen molar-refractivity contribution in [1.82, 2.24) is 10.2 Å². The number of carbonyl (C=O) groups excluding carboxylic acids is 2. The fraction of sp³-hybridized carbons (Fsp3) is 0.417. The van der Waals surface area contributed by atoms with Crippen LogP contribution in [0.15, 0.2) is 48.5 Å². The van der Waals surface area contributed by atoms with Crippen molar-refractivity contribution < 1.29 is 27.5 Å². The first kappa shape index (κ1) is 26.1. The average molecular weight is 496 g/mol. The molecule has 1 aliphatic heterocycles. The van der Waals surface area contributed by atoms with Crippen LogP contribution in [0.3, 0.4) is 0 Å². The summed E-state index contributed by atoms with van der Waals surface area (Å²) in [5, 5.41) is 5.65. The van der Waals surface area contributed by atoms with E-state index in [1.165, 1.54) is 23.9 Å². The van der Waals surface area contributed by atoms with Crippen molar-refractivity contribution in [2.45, 2.75) is 19.1 Å². The van der Waals surface area contributed by atoms with Crippen molar-refractivity contribution in [1.29, 1.82) is 0 Å². The molecular weight excluding hydrogens is 467 g/mol. The monoisotopic (exact) mass is 495 g/mol. The fourth-order valence-corrected chi connectivity index (χ4v) is 4.31. The minimum atomic E-state index is -4.40. The van der Waals surface area contributed by atoms with Crippen molar-refractivity contribution in [2.75, 3.05) is 49.7 Å². The predicted octanol–water partition coefficient (Wildman–Crippen LogP) is 3.88. The lowest BCUT2D eigenvalue weighted by Crippen LogP contribution is -2.44. The Balaban J connectivity index is 1.51. The van der Waals surface area contributed by atoms with Crippen LogP contribution in [-0.2, 0) is 20.5 Å². The van der Waals surface area contributed by atoms with Gasteiger partial charge in [-0.25, -0.2) is 0 Å². The van der Waals surface area contributed by atoms with Gasteiger partial charge in [0.2, 0.25) is 11.8 Å². The predicted molar refractivity (Wildman–Crippen MR) is 127 cm³/mol. The highest BCUT2D eigenvalue weighted by Crippen LogP contribution is 2.31. The molecule has 0 saturated carbocycles. The first-order valence-corrected chi connectivity index (χ1v) is 12.1. The molecule has 2 amide bonds. The molecule has 10 heteroatoms. The number of benzene rings is 2. The topological polar surface area (TPSA) is 70.7 Å². The summed E-state index contributed by atoms with van der Waals surface area (Å²) >= 11 is 1.20. The number of rotatable bonds is 9. The molecule has 1 unspecified atom stereocenters. The van der Waals surface area contributed by atoms with Crippen LogP contribution in [-0.4, -0.2) is 61.1 Å². The number of alkyl halides is 3. The Morgan fingerprint density at radius 3 is 2.38 bits per heavy atom. The van der Waals surface area contributed by atoms with E-state index in [4.69, 9.17) is 4.74 Å². The summed E-state index contributed by atoms with van der Waals surface area (Å²) in [6, 6.07) is 12.2. The van der Waals surface area contributed by atoms with Crippen molar-refractivity contribution in [3.05, 3.63) is 65.2 Å². The molecule has 1 aliphatic rings. The second-order valence-electron chi connectivity index (χ2n) is 8.00. The molecule has 2 aromatic rings. The number of aryl methyl sites for hydroxylation is 1. The van der Waals surface area contributed by atoms with Crippen molar-refractivity contribution in [2.24, 2.45) is 0 Å². The molecule has 2 aromatic carbocycles. The van der Waals surface area contributed by atoms with Gasteiger partial charge in [0.25, 0.3) is 0 Å². The third kappa shape index (κ3) is 8.03. The van der Waals surface area contributed by atoms with Gasteiger partial charge in [-0.3, -0.25) is 14.5 Å². The molecule has 3 rings (SSSR count). The molecule has 1 saturated heterocycles. The minimum absolute atomic E-state index is 0.101. The Hall–Kier alpha value is -2.56. The molecule has 6 nitrogen and oxygen atoms in total. The third-order valence-corrected chi connectivity index (χ3v) is 6.30. The summed E-state index contributed by atoms with van der Waals surface area (Å²) in [6.07, 6.45) is -4.40. The number of nitrogens with zero attached hydrogens (tertiary/aromatic N) is 1. The van der Waals surface area contributed by atoms with Gasteiger partial charge in [0.15, 0.2) is 0 Å². The van der Waals surface area contributed by atoms with Crippen LogP contribution >= 0.6 is 11.8 Å². The molecule has 1 fully saturated rings. The van der Waals surface area contributed by atoms with Gasteiger partial charge >= 0.3 is 6.18 Å². The number of hydrogen-bond donors (Lipinski definition) is 2. The van der Waals surface area contributed by atoms with Crippen LogP contribution in [0.1, 0.15) is 22.7 Å². The molecule has 0 aliphatic carbocycles. The molecule has 0 bridgehead atoms. The van der Waals surface area contributed by atoms with Crippen LogP contribution in [0.25, 0.3) is 0 Å². The van der Waals surface area contributed by atoms with E-state index in [0.717, 1.165) is 17.7 Å². The molecule has 0 aromatic heterocycles. The first-order chi connectivity index (χ1) is 16.2. The van der Waals surface area contributed by atoms with Crippen LogP contribution in [0.5, 0.6) is 0 Å². The highest BCUT2D eigenvalue weighted by Gasteiger charge is 2.31. The second-order valence-corrected chi connectivity index (χ2v) is 8.98. The Morgan fingerprint density at radius 2 is 1.74 bits per heavy atom. The molecule has 184 valence electrons. The Kier molecular flexibility index (Phi) is 9.37. The van der Waals surface area contributed by atoms with Gasteiger partial charge in [-0.05, 0) is 42.3 Å². The number of nitrogens with one attached hydrogen (secondary N) is 2. The lowest BCUT2D eigenvalue weighted by molar-refractivity contribution is -0.137. The summed E-state index contributed by atoms with van der Waals surface area (Å²) < 4.78 is 44.2. The Labute approximate surface area is 201 Å². The summed E-state index contributed by atoms with van der Waals surface area (Å²) in [4.78, 5) is 26.6. The highest BCUT2D eigenvalue weighted by molar-refractivity contribution is 8.00. The minimum Gasteiger partial charge on any atom is -0.379 e. The smallest absolute Gasteiger partial charge is 0.379 e. The standard InChI is InChI=1S/C24H28F3N3O3S/c1-17-3-2-4-20(13-17)29-23(32)16-34-15-22(31)28-14-21(30-9-11-33-12-10-30)18-5-7-19(8-6-18)24(25,26)27/h2-8,13,21H,9-12,14-16H2,1H3,(H,28,31)(H,29,32). The molecule has 34 heavy (non-hydrogen) atoms. The number of ether oxygens (including phenoxy) is 1. The lowest BCUT2D eigenvalue weighted by atomic mass is 10.0. The van der Waals surface area contributed by atoms with E-state index < -0.39 is 11.7 Å². The number of thioether (sulfide) groups is 1. The van der Waals surface area contributed by atoms with E-state index in [1.807, 2.05) is 25.1 Å². The van der Waals surface area contributed by atoms with E-state index >= 15 is 0 Å². The summed E-state index contributed by atoms with van der Waals surface area (Å²) in [6.45, 7) is 4.47. The average Bonchev–Trinajstić information content (AvgIpc) is 2.80. The van der Waals surface area contributed by atoms with Gasteiger partial charge in [0, 0.05) is 25.3 Å². The molecule has 2 N–H and O–H groups in total. The van der Waals surface area contributed by atoms with E-state index in [1.54, 1.807) is 6.07 Å². The van der Waals surface area contributed by atoms with Crippen molar-refractivity contribution in [3.63, 3.8) is 0 Å². The van der Waals surface area contributed by atoms with Gasteiger partial charge < -0.3 is 15.4 Å². The van der Waals surface area contributed by atoms with Gasteiger partial charge in [-0.15, -0.1) is 11.8 Å². The van der Waals surface area contributed by atoms with E-state index in [2.05, 4.69) is 15.5 Å². The Morgan fingerprint density at radius 1 is 1.06 bits per heavy atom. The van der Waals surface area contributed by atoms with E-state index in [0.29, 0.717) is 37.6 Å². The van der Waals surface area contributed by atoms with Gasteiger partial charge in [-0.1, -0.05) is 24.3 Å². The molecule has 1 heterocycles. The number of amides is 2. The quantitative estimate of drug-likeness (QED) is 0.553. The lowest BCUT2D eigenvalue weighted by Gasteiger charge is -2.35. The number of hydrogen-bond acceptors (Lipinski definition) is 5.